The molecule has 2 N–H and O–H groups in total. The van der Waals surface area contributed by atoms with E-state index in [9.17, 15) is 9.59 Å². The first-order chi connectivity index (χ1) is 15.0. The molecule has 0 unspecified atom stereocenters. The molecule has 1 aliphatic carbocycles. The van der Waals surface area contributed by atoms with Crippen LogP contribution in [-0.2, 0) is 9.59 Å². The van der Waals surface area contributed by atoms with Gasteiger partial charge in [0.25, 0.3) is 0 Å². The summed E-state index contributed by atoms with van der Waals surface area (Å²) >= 11 is 0. The van der Waals surface area contributed by atoms with E-state index in [0.29, 0.717) is 22.7 Å². The summed E-state index contributed by atoms with van der Waals surface area (Å²) in [5.74, 6) is 0.268. The number of rotatable bonds is 6. The van der Waals surface area contributed by atoms with Gasteiger partial charge in [-0.3, -0.25) is 9.59 Å². The van der Waals surface area contributed by atoms with Crippen molar-refractivity contribution in [3.05, 3.63) is 36.4 Å². The molecule has 0 radical (unpaired) electrons. The number of ether oxygens (including phenoxy) is 1. The third-order valence-electron chi connectivity index (χ3n) is 5.72. The molecule has 0 aliphatic heterocycles. The molecule has 3 aromatic rings. The van der Waals surface area contributed by atoms with E-state index >= 15 is 0 Å². The summed E-state index contributed by atoms with van der Waals surface area (Å²) in [6.45, 7) is 1.72. The molecule has 1 aromatic heterocycles. The summed E-state index contributed by atoms with van der Waals surface area (Å²) in [5, 5.41) is 8.89. The predicted octanol–water partition coefficient (Wildman–Crippen LogP) is 5.00. The van der Waals surface area contributed by atoms with Crippen LogP contribution in [0, 0.1) is 5.92 Å². The zero-order valence-electron chi connectivity index (χ0n) is 17.9. The number of carbonyl (C=O) groups excluding carboxylic acids is 2. The minimum Gasteiger partial charge on any atom is -0.495 e. The summed E-state index contributed by atoms with van der Waals surface area (Å²) < 4.78 is 11.4. The molecule has 1 aliphatic rings. The maximum Gasteiger partial charge on any atom is 0.243 e. The van der Waals surface area contributed by atoms with Crippen LogP contribution in [0.5, 0.6) is 5.75 Å². The minimum absolute atomic E-state index is 0.0268. The number of amides is 2. The van der Waals surface area contributed by atoms with Crippen molar-refractivity contribution < 1.29 is 18.7 Å². The molecule has 2 aromatic carbocycles. The van der Waals surface area contributed by atoms with Gasteiger partial charge in [0.2, 0.25) is 11.8 Å². The molecule has 1 heterocycles. The number of para-hydroxylation sites is 1. The van der Waals surface area contributed by atoms with Crippen LogP contribution in [-0.4, -0.2) is 24.6 Å². The lowest BCUT2D eigenvalue weighted by Crippen LogP contribution is -2.29. The van der Waals surface area contributed by atoms with E-state index in [1.165, 1.54) is 6.42 Å². The predicted molar refractivity (Wildman–Crippen MR) is 121 cm³/mol. The number of hydrogen-bond acceptors (Lipinski definition) is 5. The summed E-state index contributed by atoms with van der Waals surface area (Å²) in [7, 11) is 1.56. The molecular weight excluding hydrogens is 394 g/mol. The Morgan fingerprint density at radius 3 is 2.65 bits per heavy atom. The molecule has 0 spiro atoms. The van der Waals surface area contributed by atoms with Gasteiger partial charge in [-0.15, -0.1) is 0 Å². The number of nitrogens with one attached hydrogen (secondary N) is 2. The van der Waals surface area contributed by atoms with Gasteiger partial charge in [-0.05, 0) is 31.9 Å². The van der Waals surface area contributed by atoms with E-state index in [2.05, 4.69) is 15.8 Å². The second-order valence-corrected chi connectivity index (χ2v) is 8.03. The lowest BCUT2D eigenvalue weighted by molar-refractivity contribution is -0.126. The fourth-order valence-corrected chi connectivity index (χ4v) is 4.09. The van der Waals surface area contributed by atoms with Crippen molar-refractivity contribution in [2.75, 3.05) is 12.4 Å². The number of benzene rings is 2. The van der Waals surface area contributed by atoms with Gasteiger partial charge in [0.15, 0.2) is 0 Å². The molecular formula is C24H27N3O4. The highest BCUT2D eigenvalue weighted by Crippen LogP contribution is 2.36. The molecule has 1 fully saturated rings. The summed E-state index contributed by atoms with van der Waals surface area (Å²) in [6, 6.07) is 11.4. The molecule has 0 atom stereocenters. The van der Waals surface area contributed by atoms with Crippen molar-refractivity contribution in [2.24, 2.45) is 11.0 Å². The molecule has 7 nitrogen and oxygen atoms in total. The lowest BCUT2D eigenvalue weighted by Gasteiger charge is -2.19. The van der Waals surface area contributed by atoms with Crippen LogP contribution in [0.25, 0.3) is 21.9 Å². The van der Waals surface area contributed by atoms with Crippen LogP contribution < -0.4 is 15.5 Å². The average Bonchev–Trinajstić information content (AvgIpc) is 3.14. The van der Waals surface area contributed by atoms with Gasteiger partial charge in [0, 0.05) is 28.5 Å². The van der Waals surface area contributed by atoms with Crippen LogP contribution in [0.4, 0.5) is 5.69 Å². The van der Waals surface area contributed by atoms with Gasteiger partial charge in [-0.25, -0.2) is 5.43 Å². The quantitative estimate of drug-likeness (QED) is 0.433. The number of nitrogens with zero attached hydrogens (tertiary/aromatic N) is 1. The SMILES string of the molecule is COc1cc2c(cc1NC(=O)CC(C)=NNC(=O)C1CCCCC1)oc1ccccc12. The zero-order chi connectivity index (χ0) is 21.8. The fourth-order valence-electron chi connectivity index (χ4n) is 4.09. The zero-order valence-corrected chi connectivity index (χ0v) is 17.9. The van der Waals surface area contributed by atoms with E-state index in [-0.39, 0.29) is 24.2 Å². The summed E-state index contributed by atoms with van der Waals surface area (Å²) in [4.78, 5) is 24.8. The number of hydrazone groups is 1. The standard InChI is InChI=1S/C24H27N3O4/c1-15(26-27-24(29)16-8-4-3-5-9-16)12-23(28)25-19-14-21-18(13-22(19)30-2)17-10-6-7-11-20(17)31-21/h6-7,10-11,13-14,16H,3-5,8-9,12H2,1-2H3,(H,25,28)(H,27,29). The van der Waals surface area contributed by atoms with Gasteiger partial charge >= 0.3 is 0 Å². The highest BCUT2D eigenvalue weighted by Gasteiger charge is 2.21. The van der Waals surface area contributed by atoms with Crippen LogP contribution in [0.1, 0.15) is 45.4 Å². The van der Waals surface area contributed by atoms with E-state index in [1.54, 1.807) is 20.1 Å². The van der Waals surface area contributed by atoms with Gasteiger partial charge < -0.3 is 14.5 Å². The Morgan fingerprint density at radius 2 is 1.87 bits per heavy atom. The van der Waals surface area contributed by atoms with E-state index in [1.807, 2.05) is 30.3 Å². The Bertz CT molecular complexity index is 1140. The van der Waals surface area contributed by atoms with Crippen LogP contribution in [0.15, 0.2) is 45.9 Å². The van der Waals surface area contributed by atoms with Crippen molar-refractivity contribution in [1.29, 1.82) is 0 Å². The third-order valence-corrected chi connectivity index (χ3v) is 5.72. The smallest absolute Gasteiger partial charge is 0.243 e. The fraction of sp³-hybridized carbons (Fsp3) is 0.375. The first kappa shape index (κ1) is 20.9. The molecule has 31 heavy (non-hydrogen) atoms. The van der Waals surface area contributed by atoms with Crippen LogP contribution in [0.2, 0.25) is 0 Å². The number of methoxy groups -OCH3 is 1. The van der Waals surface area contributed by atoms with Crippen molar-refractivity contribution in [3.63, 3.8) is 0 Å². The van der Waals surface area contributed by atoms with E-state index < -0.39 is 0 Å². The number of anilines is 1. The molecule has 1 saturated carbocycles. The number of carbonyl (C=O) groups is 2. The molecule has 162 valence electrons. The first-order valence-corrected chi connectivity index (χ1v) is 10.7. The Balaban J connectivity index is 1.43. The summed E-state index contributed by atoms with van der Waals surface area (Å²) in [6.07, 6.45) is 5.24. The topological polar surface area (TPSA) is 92.9 Å². The number of fused-ring (bicyclic) bond motifs is 3. The number of hydrogen-bond donors (Lipinski definition) is 2. The van der Waals surface area contributed by atoms with Crippen LogP contribution in [0.3, 0.4) is 0 Å². The Morgan fingerprint density at radius 1 is 1.10 bits per heavy atom. The Hall–Kier alpha value is -3.35. The summed E-state index contributed by atoms with van der Waals surface area (Å²) in [5.41, 5.74) is 5.12. The van der Waals surface area contributed by atoms with Crippen molar-refractivity contribution >= 4 is 45.2 Å². The maximum absolute atomic E-state index is 12.6. The van der Waals surface area contributed by atoms with Gasteiger partial charge in [0.1, 0.15) is 16.9 Å². The third kappa shape index (κ3) is 4.71. The number of furan rings is 1. The molecule has 2 amide bonds. The van der Waals surface area contributed by atoms with Crippen molar-refractivity contribution in [2.45, 2.75) is 45.4 Å². The molecule has 4 rings (SSSR count). The van der Waals surface area contributed by atoms with Gasteiger partial charge in [0.05, 0.1) is 19.2 Å². The molecule has 0 bridgehead atoms. The Kier molecular flexibility index (Phi) is 6.21. The average molecular weight is 421 g/mol. The van der Waals surface area contributed by atoms with Gasteiger partial charge in [-0.1, -0.05) is 37.5 Å². The lowest BCUT2D eigenvalue weighted by atomic mass is 9.89. The highest BCUT2D eigenvalue weighted by atomic mass is 16.5. The minimum atomic E-state index is -0.248. The van der Waals surface area contributed by atoms with Crippen LogP contribution >= 0.6 is 0 Å². The van der Waals surface area contributed by atoms with Crippen molar-refractivity contribution in [1.82, 2.24) is 5.43 Å². The monoisotopic (exact) mass is 421 g/mol. The van der Waals surface area contributed by atoms with E-state index in [0.717, 1.165) is 42.0 Å². The largest absolute Gasteiger partial charge is 0.495 e. The first-order valence-electron chi connectivity index (χ1n) is 10.7. The van der Waals surface area contributed by atoms with Gasteiger partial charge in [-0.2, -0.15) is 5.10 Å². The molecule has 0 saturated heterocycles. The normalized spacial score (nSPS) is 15.2. The van der Waals surface area contributed by atoms with E-state index in [4.69, 9.17) is 9.15 Å². The maximum atomic E-state index is 12.6. The Labute approximate surface area is 180 Å². The highest BCUT2D eigenvalue weighted by molar-refractivity contribution is 6.10. The molecule has 7 heteroatoms. The second kappa shape index (κ2) is 9.20. The second-order valence-electron chi connectivity index (χ2n) is 8.03. The van der Waals surface area contributed by atoms with Crippen molar-refractivity contribution in [3.8, 4) is 5.75 Å².